The van der Waals surface area contributed by atoms with Crippen molar-refractivity contribution >= 4 is 29.3 Å². The van der Waals surface area contributed by atoms with E-state index in [9.17, 15) is 22.8 Å². The fraction of sp³-hybridized carbons (Fsp3) is 0.200. The second-order valence-electron chi connectivity index (χ2n) is 3.16. The number of carbonyl (C=O) groups is 2. The topological polar surface area (TPSA) is 66.4 Å². The molecule has 0 unspecified atom stereocenters. The van der Waals surface area contributed by atoms with E-state index in [4.69, 9.17) is 5.11 Å². The Hall–Kier alpha value is -1.70. The Labute approximate surface area is 104 Å². The minimum atomic E-state index is -4.48. The van der Waals surface area contributed by atoms with Gasteiger partial charge in [-0.25, -0.2) is 0 Å². The fourth-order valence-electron chi connectivity index (χ4n) is 1.12. The molecule has 0 radical (unpaired) electrons. The predicted molar refractivity (Wildman–Crippen MR) is 59.2 cm³/mol. The van der Waals surface area contributed by atoms with Crippen LogP contribution in [-0.4, -0.2) is 22.5 Å². The average Bonchev–Trinajstić information content (AvgIpc) is 2.17. The molecule has 0 fully saturated rings. The maximum absolute atomic E-state index is 12.2. The smallest absolute Gasteiger partial charge is 0.446 e. The molecule has 0 atom stereocenters. The van der Waals surface area contributed by atoms with Crippen LogP contribution in [-0.2, 0) is 9.59 Å². The number of carbonyl (C=O) groups excluding carboxylic acids is 1. The molecule has 0 aromatic heterocycles. The molecule has 1 rings (SSSR count). The Kier molecular flexibility index (Phi) is 4.60. The Morgan fingerprint density at radius 1 is 1.28 bits per heavy atom. The zero-order valence-corrected chi connectivity index (χ0v) is 9.64. The molecule has 2 N–H and O–H groups in total. The van der Waals surface area contributed by atoms with Gasteiger partial charge in [0.2, 0.25) is 5.91 Å². The number of amides is 1. The van der Waals surface area contributed by atoms with Crippen molar-refractivity contribution in [2.24, 2.45) is 0 Å². The van der Waals surface area contributed by atoms with Crippen LogP contribution >= 0.6 is 11.8 Å². The molecule has 4 nitrogen and oxygen atoms in total. The third kappa shape index (κ3) is 5.09. The van der Waals surface area contributed by atoms with Crippen LogP contribution in [0.5, 0.6) is 0 Å². The lowest BCUT2D eigenvalue weighted by molar-refractivity contribution is -0.139. The fourth-order valence-corrected chi connectivity index (χ4v) is 1.74. The Balaban J connectivity index is 2.82. The SMILES string of the molecule is O=C(O)CC(=O)Nc1ccccc1SC(F)(F)F. The highest BCUT2D eigenvalue weighted by Gasteiger charge is 2.30. The summed E-state index contributed by atoms with van der Waals surface area (Å²) in [7, 11) is 0. The number of carboxylic acid groups (broad SMARTS) is 1. The molecule has 0 spiro atoms. The van der Waals surface area contributed by atoms with Crippen molar-refractivity contribution in [2.75, 3.05) is 5.32 Å². The number of aliphatic carboxylic acids is 1. The third-order valence-electron chi connectivity index (χ3n) is 1.70. The highest BCUT2D eigenvalue weighted by molar-refractivity contribution is 8.00. The van der Waals surface area contributed by atoms with Crippen LogP contribution in [0.3, 0.4) is 0 Å². The average molecular weight is 279 g/mol. The van der Waals surface area contributed by atoms with Gasteiger partial charge in [-0.2, -0.15) is 13.2 Å². The van der Waals surface area contributed by atoms with Gasteiger partial charge in [0.1, 0.15) is 6.42 Å². The minimum Gasteiger partial charge on any atom is -0.481 e. The Bertz CT molecular complexity index is 462. The first-order valence-corrected chi connectivity index (χ1v) is 5.46. The van der Waals surface area contributed by atoms with E-state index in [0.29, 0.717) is 0 Å². The van der Waals surface area contributed by atoms with Gasteiger partial charge in [0.25, 0.3) is 0 Å². The number of rotatable bonds is 4. The van der Waals surface area contributed by atoms with Crippen molar-refractivity contribution in [3.8, 4) is 0 Å². The molecule has 1 aromatic rings. The molecule has 0 aliphatic rings. The normalized spacial score (nSPS) is 11.1. The van der Waals surface area contributed by atoms with Gasteiger partial charge in [-0.05, 0) is 23.9 Å². The summed E-state index contributed by atoms with van der Waals surface area (Å²) >= 11 is -0.374. The molecule has 0 aliphatic heterocycles. The lowest BCUT2D eigenvalue weighted by Crippen LogP contribution is -2.16. The van der Waals surface area contributed by atoms with Gasteiger partial charge < -0.3 is 10.4 Å². The number of benzene rings is 1. The number of thioether (sulfide) groups is 1. The van der Waals surface area contributed by atoms with Crippen molar-refractivity contribution in [3.63, 3.8) is 0 Å². The van der Waals surface area contributed by atoms with Crippen LogP contribution in [0.15, 0.2) is 29.2 Å². The summed E-state index contributed by atoms with van der Waals surface area (Å²) in [5, 5.41) is 10.5. The van der Waals surface area contributed by atoms with Crippen molar-refractivity contribution < 1.29 is 27.9 Å². The summed E-state index contributed by atoms with van der Waals surface area (Å²) in [6.45, 7) is 0. The number of halogens is 3. The number of alkyl halides is 3. The van der Waals surface area contributed by atoms with E-state index < -0.39 is 23.8 Å². The van der Waals surface area contributed by atoms with Crippen LogP contribution in [0.2, 0.25) is 0 Å². The van der Waals surface area contributed by atoms with Crippen LogP contribution < -0.4 is 5.32 Å². The van der Waals surface area contributed by atoms with Crippen LogP contribution in [0, 0.1) is 0 Å². The number of hydrogen-bond acceptors (Lipinski definition) is 3. The summed E-state index contributed by atoms with van der Waals surface area (Å²) < 4.78 is 36.7. The first-order valence-electron chi connectivity index (χ1n) is 4.64. The van der Waals surface area contributed by atoms with Crippen molar-refractivity contribution in [2.45, 2.75) is 16.8 Å². The van der Waals surface area contributed by atoms with E-state index in [0.717, 1.165) is 0 Å². The first-order chi connectivity index (χ1) is 8.28. The molecular weight excluding hydrogens is 271 g/mol. The highest BCUT2D eigenvalue weighted by atomic mass is 32.2. The molecule has 18 heavy (non-hydrogen) atoms. The van der Waals surface area contributed by atoms with Crippen molar-refractivity contribution in [3.05, 3.63) is 24.3 Å². The third-order valence-corrected chi connectivity index (χ3v) is 2.51. The first kappa shape index (κ1) is 14.4. The minimum absolute atomic E-state index is 0.0638. The molecule has 0 aliphatic carbocycles. The monoisotopic (exact) mass is 279 g/mol. The number of hydrogen-bond donors (Lipinski definition) is 2. The maximum Gasteiger partial charge on any atom is 0.446 e. The van der Waals surface area contributed by atoms with Gasteiger partial charge in [-0.3, -0.25) is 9.59 Å². The van der Waals surface area contributed by atoms with E-state index in [2.05, 4.69) is 5.32 Å². The van der Waals surface area contributed by atoms with Crippen LogP contribution in [0.4, 0.5) is 18.9 Å². The van der Waals surface area contributed by atoms with E-state index in [1.165, 1.54) is 24.3 Å². The Morgan fingerprint density at radius 3 is 2.44 bits per heavy atom. The number of anilines is 1. The van der Waals surface area contributed by atoms with E-state index in [1.807, 2.05) is 0 Å². The van der Waals surface area contributed by atoms with Gasteiger partial charge in [0, 0.05) is 4.90 Å². The lowest BCUT2D eigenvalue weighted by atomic mass is 10.3. The van der Waals surface area contributed by atoms with Crippen molar-refractivity contribution in [1.29, 1.82) is 0 Å². The van der Waals surface area contributed by atoms with Gasteiger partial charge in [0.05, 0.1) is 5.69 Å². The molecule has 98 valence electrons. The van der Waals surface area contributed by atoms with Gasteiger partial charge in [-0.1, -0.05) is 12.1 Å². The van der Waals surface area contributed by atoms with Gasteiger partial charge in [-0.15, -0.1) is 0 Å². The number of nitrogens with one attached hydrogen (secondary N) is 1. The molecular formula is C10H8F3NO3S. The highest BCUT2D eigenvalue weighted by Crippen LogP contribution is 2.40. The summed E-state index contributed by atoms with van der Waals surface area (Å²) in [5.74, 6) is -2.23. The summed E-state index contributed by atoms with van der Waals surface area (Å²) in [6, 6.07) is 5.29. The molecule has 0 heterocycles. The molecule has 0 saturated heterocycles. The molecule has 1 aromatic carbocycles. The molecule has 0 saturated carbocycles. The van der Waals surface area contributed by atoms with Crippen LogP contribution in [0.25, 0.3) is 0 Å². The predicted octanol–water partition coefficient (Wildman–Crippen LogP) is 2.71. The Morgan fingerprint density at radius 2 is 1.89 bits per heavy atom. The standard InChI is InChI=1S/C10H8F3NO3S/c11-10(12,13)18-7-4-2-1-3-6(7)14-8(15)5-9(16)17/h1-4H,5H2,(H,14,15)(H,16,17). The van der Waals surface area contributed by atoms with Gasteiger partial charge >= 0.3 is 11.5 Å². The lowest BCUT2D eigenvalue weighted by Gasteiger charge is -2.11. The van der Waals surface area contributed by atoms with E-state index in [1.54, 1.807) is 0 Å². The largest absolute Gasteiger partial charge is 0.481 e. The van der Waals surface area contributed by atoms with E-state index >= 15 is 0 Å². The summed E-state index contributed by atoms with van der Waals surface area (Å²) in [5.41, 5.74) is -4.54. The quantitative estimate of drug-likeness (QED) is 0.657. The molecule has 8 heteroatoms. The second kappa shape index (κ2) is 5.76. The van der Waals surface area contributed by atoms with Gasteiger partial charge in [0.15, 0.2) is 0 Å². The van der Waals surface area contributed by atoms with E-state index in [-0.39, 0.29) is 22.3 Å². The number of carboxylic acids is 1. The zero-order valence-electron chi connectivity index (χ0n) is 8.82. The van der Waals surface area contributed by atoms with Crippen molar-refractivity contribution in [1.82, 2.24) is 0 Å². The summed E-state index contributed by atoms with van der Waals surface area (Å²) in [6.07, 6.45) is -0.801. The molecule has 1 amide bonds. The van der Waals surface area contributed by atoms with Crippen LogP contribution in [0.1, 0.15) is 6.42 Å². The number of para-hydroxylation sites is 1. The molecule has 0 bridgehead atoms. The maximum atomic E-state index is 12.2. The zero-order chi connectivity index (χ0) is 13.8. The summed E-state index contributed by atoms with van der Waals surface area (Å²) in [4.78, 5) is 21.2. The second-order valence-corrected chi connectivity index (χ2v) is 4.27.